The Balaban J connectivity index is 1.55. The second-order valence-electron chi connectivity index (χ2n) is 8.44. The van der Waals surface area contributed by atoms with Gasteiger partial charge in [0.2, 0.25) is 17.7 Å². The predicted octanol–water partition coefficient (Wildman–Crippen LogP) is 1.55. The quantitative estimate of drug-likeness (QED) is 0.564. The van der Waals surface area contributed by atoms with E-state index >= 15 is 0 Å². The summed E-state index contributed by atoms with van der Waals surface area (Å²) in [5, 5.41) is 0. The van der Waals surface area contributed by atoms with Crippen molar-refractivity contribution >= 4 is 23.6 Å². The largest absolute Gasteiger partial charge is 0.493 e. The molecule has 2 aliphatic rings. The molecule has 2 aliphatic heterocycles. The van der Waals surface area contributed by atoms with Crippen molar-refractivity contribution in [1.82, 2.24) is 14.7 Å². The molecular weight excluding hydrogens is 414 g/mol. The van der Waals surface area contributed by atoms with E-state index < -0.39 is 0 Å². The number of likely N-dealkylation sites (tertiary alicyclic amines) is 1. The van der Waals surface area contributed by atoms with Gasteiger partial charge in [0, 0.05) is 44.6 Å². The van der Waals surface area contributed by atoms with Crippen molar-refractivity contribution in [3.63, 3.8) is 0 Å². The second-order valence-corrected chi connectivity index (χ2v) is 8.44. The third kappa shape index (κ3) is 5.57. The number of piperazine rings is 1. The molecule has 2 fully saturated rings. The highest BCUT2D eigenvalue weighted by atomic mass is 16.5. The minimum absolute atomic E-state index is 0.144. The van der Waals surface area contributed by atoms with E-state index in [9.17, 15) is 19.2 Å². The maximum Gasteiger partial charge on any atom is 0.254 e. The smallest absolute Gasteiger partial charge is 0.254 e. The molecule has 32 heavy (non-hydrogen) atoms. The minimum Gasteiger partial charge on any atom is -0.493 e. The molecular formula is C23H31N3O6. The van der Waals surface area contributed by atoms with Crippen LogP contribution in [0.2, 0.25) is 0 Å². The minimum atomic E-state index is -0.303. The fourth-order valence-corrected chi connectivity index (χ4v) is 3.70. The Morgan fingerprint density at radius 1 is 0.969 bits per heavy atom. The van der Waals surface area contributed by atoms with Crippen molar-refractivity contribution in [3.05, 3.63) is 23.8 Å². The van der Waals surface area contributed by atoms with Crippen LogP contribution in [-0.4, -0.2) is 84.8 Å². The number of imide groups is 1. The van der Waals surface area contributed by atoms with Crippen LogP contribution in [0.15, 0.2) is 18.2 Å². The molecule has 0 spiro atoms. The van der Waals surface area contributed by atoms with Crippen molar-refractivity contribution < 1.29 is 28.7 Å². The van der Waals surface area contributed by atoms with Gasteiger partial charge in [-0.3, -0.25) is 24.1 Å². The summed E-state index contributed by atoms with van der Waals surface area (Å²) in [6, 6.07) is 5.14. The van der Waals surface area contributed by atoms with Crippen LogP contribution in [0, 0.1) is 5.92 Å². The zero-order valence-corrected chi connectivity index (χ0v) is 19.0. The van der Waals surface area contributed by atoms with Crippen LogP contribution < -0.4 is 9.47 Å². The van der Waals surface area contributed by atoms with Crippen molar-refractivity contribution in [2.24, 2.45) is 5.92 Å². The zero-order chi connectivity index (χ0) is 23.3. The number of carbonyl (C=O) groups is 4. The maximum atomic E-state index is 13.0. The van der Waals surface area contributed by atoms with Crippen LogP contribution in [0.5, 0.6) is 11.5 Å². The Morgan fingerprint density at radius 2 is 1.59 bits per heavy atom. The molecule has 2 saturated heterocycles. The molecule has 9 heteroatoms. The lowest BCUT2D eigenvalue weighted by Crippen LogP contribution is -2.53. The van der Waals surface area contributed by atoms with E-state index in [1.165, 1.54) is 0 Å². The van der Waals surface area contributed by atoms with E-state index in [2.05, 4.69) is 13.8 Å². The van der Waals surface area contributed by atoms with Gasteiger partial charge in [-0.05, 0) is 30.5 Å². The standard InChI is InChI=1S/C23H31N3O6/c1-16(2)8-13-32-18-5-4-17(14-19(18)31-3)23(30)25-11-9-24(10-12-25)22(29)15-26-20(27)6-7-21(26)28/h4-5,14,16H,6-13,15H2,1-3H3. The number of methoxy groups -OCH3 is 1. The molecule has 174 valence electrons. The third-order valence-corrected chi connectivity index (χ3v) is 5.73. The van der Waals surface area contributed by atoms with E-state index in [4.69, 9.17) is 9.47 Å². The number of amides is 4. The van der Waals surface area contributed by atoms with Gasteiger partial charge in [0.1, 0.15) is 6.54 Å². The fraction of sp³-hybridized carbons (Fsp3) is 0.565. The highest BCUT2D eigenvalue weighted by Crippen LogP contribution is 2.29. The number of hydrogen-bond acceptors (Lipinski definition) is 6. The molecule has 0 unspecified atom stereocenters. The van der Waals surface area contributed by atoms with E-state index in [1.54, 1.807) is 35.1 Å². The summed E-state index contributed by atoms with van der Waals surface area (Å²) in [6.45, 7) is 6.07. The number of rotatable bonds is 8. The summed E-state index contributed by atoms with van der Waals surface area (Å²) < 4.78 is 11.2. The number of benzene rings is 1. The summed E-state index contributed by atoms with van der Waals surface area (Å²) in [4.78, 5) is 53.2. The van der Waals surface area contributed by atoms with E-state index in [0.29, 0.717) is 55.8 Å². The first-order valence-corrected chi connectivity index (χ1v) is 11.0. The van der Waals surface area contributed by atoms with Crippen molar-refractivity contribution in [3.8, 4) is 11.5 Å². The summed E-state index contributed by atoms with van der Waals surface area (Å²) in [5.74, 6) is 0.619. The van der Waals surface area contributed by atoms with Crippen molar-refractivity contribution in [2.45, 2.75) is 33.1 Å². The Bertz CT molecular complexity index is 860. The first-order valence-electron chi connectivity index (χ1n) is 11.0. The van der Waals surface area contributed by atoms with Gasteiger partial charge >= 0.3 is 0 Å². The molecule has 0 saturated carbocycles. The Morgan fingerprint density at radius 3 is 2.19 bits per heavy atom. The molecule has 9 nitrogen and oxygen atoms in total. The van der Waals surface area contributed by atoms with Gasteiger partial charge in [-0.25, -0.2) is 0 Å². The van der Waals surface area contributed by atoms with E-state index in [-0.39, 0.29) is 43.0 Å². The van der Waals surface area contributed by atoms with Gasteiger partial charge in [-0.1, -0.05) is 13.8 Å². The number of hydrogen-bond donors (Lipinski definition) is 0. The molecule has 0 radical (unpaired) electrons. The van der Waals surface area contributed by atoms with Crippen molar-refractivity contribution in [2.75, 3.05) is 46.4 Å². The lowest BCUT2D eigenvalue weighted by molar-refractivity contribution is -0.146. The SMILES string of the molecule is COc1cc(C(=O)N2CCN(C(=O)CN3C(=O)CCC3=O)CC2)ccc1OCCC(C)C. The summed E-state index contributed by atoms with van der Waals surface area (Å²) >= 11 is 0. The normalized spacial score (nSPS) is 16.7. The second kappa shape index (κ2) is 10.5. The Labute approximate surface area is 188 Å². The summed E-state index contributed by atoms with van der Waals surface area (Å²) in [5.41, 5.74) is 0.492. The first-order chi connectivity index (χ1) is 15.3. The summed E-state index contributed by atoms with van der Waals surface area (Å²) in [6.07, 6.45) is 1.26. The molecule has 0 bridgehead atoms. The lowest BCUT2D eigenvalue weighted by Gasteiger charge is -2.35. The molecule has 0 atom stereocenters. The van der Waals surface area contributed by atoms with Gasteiger partial charge in [0.05, 0.1) is 13.7 Å². The monoisotopic (exact) mass is 445 g/mol. The van der Waals surface area contributed by atoms with E-state index in [1.807, 2.05) is 0 Å². The Kier molecular flexibility index (Phi) is 7.71. The van der Waals surface area contributed by atoms with Gasteiger partial charge in [-0.15, -0.1) is 0 Å². The van der Waals surface area contributed by atoms with Crippen LogP contribution in [0.3, 0.4) is 0 Å². The molecule has 1 aromatic carbocycles. The maximum absolute atomic E-state index is 13.0. The highest BCUT2D eigenvalue weighted by molar-refractivity contribution is 6.04. The average molecular weight is 446 g/mol. The van der Waals surface area contributed by atoms with Gasteiger partial charge in [0.15, 0.2) is 11.5 Å². The summed E-state index contributed by atoms with van der Waals surface area (Å²) in [7, 11) is 1.54. The zero-order valence-electron chi connectivity index (χ0n) is 19.0. The van der Waals surface area contributed by atoms with Crippen LogP contribution >= 0.6 is 0 Å². The van der Waals surface area contributed by atoms with Crippen LogP contribution in [0.1, 0.15) is 43.5 Å². The Hall–Kier alpha value is -3.10. The average Bonchev–Trinajstić information content (AvgIpc) is 3.10. The lowest BCUT2D eigenvalue weighted by atomic mass is 10.1. The van der Waals surface area contributed by atoms with Gasteiger partial charge in [0.25, 0.3) is 5.91 Å². The molecule has 1 aromatic rings. The van der Waals surface area contributed by atoms with Crippen LogP contribution in [-0.2, 0) is 14.4 Å². The van der Waals surface area contributed by atoms with E-state index in [0.717, 1.165) is 11.3 Å². The van der Waals surface area contributed by atoms with Gasteiger partial charge < -0.3 is 19.3 Å². The predicted molar refractivity (Wildman–Crippen MR) is 116 cm³/mol. The number of carbonyl (C=O) groups excluding carboxylic acids is 4. The number of ether oxygens (including phenoxy) is 2. The van der Waals surface area contributed by atoms with Gasteiger partial charge in [-0.2, -0.15) is 0 Å². The molecule has 4 amide bonds. The number of nitrogens with zero attached hydrogens (tertiary/aromatic N) is 3. The fourth-order valence-electron chi connectivity index (χ4n) is 3.70. The van der Waals surface area contributed by atoms with Crippen LogP contribution in [0.25, 0.3) is 0 Å². The molecule has 0 N–H and O–H groups in total. The third-order valence-electron chi connectivity index (χ3n) is 5.73. The topological polar surface area (TPSA) is 96.5 Å². The first kappa shape index (κ1) is 23.6. The molecule has 2 heterocycles. The molecule has 3 rings (SSSR count). The highest BCUT2D eigenvalue weighted by Gasteiger charge is 2.33. The molecule has 0 aromatic heterocycles. The van der Waals surface area contributed by atoms with Crippen molar-refractivity contribution in [1.29, 1.82) is 0 Å². The van der Waals surface area contributed by atoms with Crippen LogP contribution in [0.4, 0.5) is 0 Å². The molecule has 0 aliphatic carbocycles.